The van der Waals surface area contributed by atoms with Gasteiger partial charge in [-0.05, 0) is 56.6 Å². The number of ether oxygens (including phenoxy) is 1. The van der Waals surface area contributed by atoms with Gasteiger partial charge in [-0.2, -0.15) is 5.10 Å². The molecule has 0 spiro atoms. The van der Waals surface area contributed by atoms with Crippen LogP contribution in [0.2, 0.25) is 0 Å². The number of likely N-dealkylation sites (N-methyl/N-ethyl adjacent to an activating group) is 1. The van der Waals surface area contributed by atoms with Gasteiger partial charge in [0.05, 0.1) is 34.6 Å². The third kappa shape index (κ3) is 6.31. The number of hydrogen-bond donors (Lipinski definition) is 3. The minimum absolute atomic E-state index is 0.231. The number of thiophene rings is 1. The van der Waals surface area contributed by atoms with Gasteiger partial charge in [0.2, 0.25) is 0 Å². The summed E-state index contributed by atoms with van der Waals surface area (Å²) in [6.07, 6.45) is 1.95. The molecule has 4 rings (SSSR count). The first-order valence-corrected chi connectivity index (χ1v) is 13.3. The van der Waals surface area contributed by atoms with Crippen molar-refractivity contribution >= 4 is 28.9 Å². The van der Waals surface area contributed by atoms with Crippen LogP contribution in [0.4, 0.5) is 10.6 Å². The molecule has 196 valence electrons. The normalized spacial score (nSPS) is 13.1. The van der Waals surface area contributed by atoms with Gasteiger partial charge < -0.3 is 9.84 Å². The number of aromatic nitrogens is 4. The number of anilines is 1. The molecule has 4 heterocycles. The van der Waals surface area contributed by atoms with Crippen LogP contribution in [-0.2, 0) is 4.74 Å². The smallest absolute Gasteiger partial charge is 0.412 e. The van der Waals surface area contributed by atoms with Crippen LogP contribution in [0.1, 0.15) is 39.5 Å². The average Bonchev–Trinajstić information content (AvgIpc) is 3.58. The van der Waals surface area contributed by atoms with Crippen LogP contribution < -0.4 is 10.6 Å². The van der Waals surface area contributed by atoms with Gasteiger partial charge in [-0.3, -0.25) is 15.5 Å². The minimum Gasteiger partial charge on any atom is -0.450 e. The van der Waals surface area contributed by atoms with Crippen LogP contribution in [0.15, 0.2) is 48.1 Å². The number of rotatable bonds is 11. The van der Waals surface area contributed by atoms with Gasteiger partial charge in [0.15, 0.2) is 5.65 Å². The van der Waals surface area contributed by atoms with Gasteiger partial charge in [-0.1, -0.05) is 19.9 Å². The number of hydrogen-bond acceptors (Lipinski definition) is 9. The number of fused-ring (bicyclic) bond motifs is 1. The van der Waals surface area contributed by atoms with E-state index in [2.05, 4.69) is 46.4 Å². The Morgan fingerprint density at radius 2 is 2.00 bits per heavy atom. The van der Waals surface area contributed by atoms with Crippen molar-refractivity contribution in [2.24, 2.45) is 0 Å². The number of nitrogens with one attached hydrogen (secondary N) is 2. The third-order valence-electron chi connectivity index (χ3n) is 6.13. The van der Waals surface area contributed by atoms with Crippen LogP contribution in [0.25, 0.3) is 27.5 Å². The highest BCUT2D eigenvalue weighted by Gasteiger charge is 2.19. The lowest BCUT2D eigenvalue weighted by molar-refractivity contribution is 0.121. The van der Waals surface area contributed by atoms with Crippen LogP contribution in [0.3, 0.4) is 0 Å². The van der Waals surface area contributed by atoms with Crippen LogP contribution in [0, 0.1) is 0 Å². The lowest BCUT2D eigenvalue weighted by atomic mass is 10.1. The molecular formula is C26H33N7O3S. The lowest BCUT2D eigenvalue weighted by Gasteiger charge is -2.27. The number of carbonyl (C=O) groups excluding carboxylic acids is 1. The number of carbonyl (C=O) groups is 1. The highest BCUT2D eigenvalue weighted by atomic mass is 32.1. The molecule has 4 aromatic rings. The maximum atomic E-state index is 12.2. The zero-order valence-corrected chi connectivity index (χ0v) is 22.3. The summed E-state index contributed by atoms with van der Waals surface area (Å²) in [6, 6.07) is 9.57. The SMILES string of the molecule is CCOC(=O)Nc1cc(C(O)NC[C@H](C)N(CC)CC)cc(-c2cnn3ccc(-c4cccs4)nc23)n1. The van der Waals surface area contributed by atoms with E-state index in [4.69, 9.17) is 9.72 Å². The molecule has 1 amide bonds. The van der Waals surface area contributed by atoms with Crippen molar-refractivity contribution in [2.45, 2.75) is 40.0 Å². The molecule has 37 heavy (non-hydrogen) atoms. The Kier molecular flexibility index (Phi) is 8.82. The Labute approximate surface area is 220 Å². The first-order valence-electron chi connectivity index (χ1n) is 12.4. The maximum absolute atomic E-state index is 12.2. The zero-order valence-electron chi connectivity index (χ0n) is 21.5. The average molecular weight is 524 g/mol. The van der Waals surface area contributed by atoms with E-state index in [-0.39, 0.29) is 18.5 Å². The van der Waals surface area contributed by atoms with E-state index < -0.39 is 12.3 Å². The summed E-state index contributed by atoms with van der Waals surface area (Å²) in [6.45, 7) is 10.8. The fourth-order valence-electron chi connectivity index (χ4n) is 4.17. The molecule has 1 unspecified atom stereocenters. The number of aliphatic hydroxyl groups excluding tert-OH is 1. The van der Waals surface area contributed by atoms with Gasteiger partial charge in [-0.25, -0.2) is 19.3 Å². The quantitative estimate of drug-likeness (QED) is 0.248. The molecule has 0 saturated heterocycles. The predicted molar refractivity (Wildman–Crippen MR) is 146 cm³/mol. The van der Waals surface area contributed by atoms with Gasteiger partial charge in [0, 0.05) is 24.3 Å². The molecule has 10 nitrogen and oxygen atoms in total. The minimum atomic E-state index is -0.973. The molecule has 0 fully saturated rings. The molecule has 0 bridgehead atoms. The second-order valence-corrected chi connectivity index (χ2v) is 9.46. The highest BCUT2D eigenvalue weighted by molar-refractivity contribution is 7.13. The molecule has 0 radical (unpaired) electrons. The zero-order chi connectivity index (χ0) is 26.4. The van der Waals surface area contributed by atoms with E-state index in [1.807, 2.05) is 29.8 Å². The van der Waals surface area contributed by atoms with Crippen molar-refractivity contribution in [2.75, 3.05) is 31.6 Å². The van der Waals surface area contributed by atoms with E-state index >= 15 is 0 Å². The second kappa shape index (κ2) is 12.2. The topological polar surface area (TPSA) is 117 Å². The predicted octanol–water partition coefficient (Wildman–Crippen LogP) is 4.40. The lowest BCUT2D eigenvalue weighted by Crippen LogP contribution is -2.41. The van der Waals surface area contributed by atoms with Gasteiger partial charge in [0.25, 0.3) is 0 Å². The van der Waals surface area contributed by atoms with E-state index in [1.165, 1.54) is 0 Å². The summed E-state index contributed by atoms with van der Waals surface area (Å²) >= 11 is 1.61. The summed E-state index contributed by atoms with van der Waals surface area (Å²) in [4.78, 5) is 24.9. The Hall–Kier alpha value is -3.38. The molecule has 0 aliphatic heterocycles. The Balaban J connectivity index is 1.69. The Morgan fingerprint density at radius 3 is 2.70 bits per heavy atom. The van der Waals surface area contributed by atoms with E-state index in [1.54, 1.807) is 41.1 Å². The number of nitrogens with zero attached hydrogens (tertiary/aromatic N) is 5. The largest absolute Gasteiger partial charge is 0.450 e. The van der Waals surface area contributed by atoms with Crippen molar-refractivity contribution < 1.29 is 14.6 Å². The van der Waals surface area contributed by atoms with Crippen LogP contribution in [0.5, 0.6) is 0 Å². The van der Waals surface area contributed by atoms with Crippen LogP contribution >= 0.6 is 11.3 Å². The first kappa shape index (κ1) is 26.7. The molecule has 0 saturated carbocycles. The first-order chi connectivity index (χ1) is 17.9. The summed E-state index contributed by atoms with van der Waals surface area (Å²) in [5.41, 5.74) is 3.20. The Morgan fingerprint density at radius 1 is 1.19 bits per heavy atom. The fourth-order valence-corrected chi connectivity index (χ4v) is 4.87. The van der Waals surface area contributed by atoms with Crippen molar-refractivity contribution in [1.29, 1.82) is 0 Å². The third-order valence-corrected chi connectivity index (χ3v) is 7.02. The molecule has 0 aromatic carbocycles. The molecule has 0 aliphatic rings. The number of aliphatic hydroxyl groups is 1. The van der Waals surface area contributed by atoms with Crippen molar-refractivity contribution in [3.8, 4) is 21.8 Å². The van der Waals surface area contributed by atoms with Crippen molar-refractivity contribution in [1.82, 2.24) is 29.8 Å². The van der Waals surface area contributed by atoms with Crippen molar-refractivity contribution in [3.63, 3.8) is 0 Å². The fraction of sp³-hybridized carbons (Fsp3) is 0.385. The highest BCUT2D eigenvalue weighted by Crippen LogP contribution is 2.29. The molecule has 0 aliphatic carbocycles. The standard InChI is InChI=1S/C26H33N7O3S/c1-5-32(6-2)17(4)15-27-25(34)18-13-21(29-23(14-18)31-26(35)36-7-3)19-16-28-33-11-10-20(30-24(19)33)22-9-8-12-37-22/h8-14,16-17,25,27,34H,5-7,15H2,1-4H3,(H,29,31,35)/t17-,25?/m0/s1. The molecule has 4 aromatic heterocycles. The van der Waals surface area contributed by atoms with E-state index in [9.17, 15) is 9.90 Å². The van der Waals surface area contributed by atoms with Gasteiger partial charge in [-0.15, -0.1) is 11.3 Å². The van der Waals surface area contributed by atoms with Crippen LogP contribution in [-0.4, -0.2) is 68.0 Å². The van der Waals surface area contributed by atoms with E-state index in [0.29, 0.717) is 29.0 Å². The summed E-state index contributed by atoms with van der Waals surface area (Å²) < 4.78 is 6.71. The van der Waals surface area contributed by atoms with Crippen molar-refractivity contribution in [3.05, 3.63) is 53.7 Å². The number of amides is 1. The van der Waals surface area contributed by atoms with Gasteiger partial charge in [0.1, 0.15) is 12.0 Å². The maximum Gasteiger partial charge on any atom is 0.412 e. The molecule has 2 atom stereocenters. The number of pyridine rings is 1. The van der Waals surface area contributed by atoms with Gasteiger partial charge >= 0.3 is 6.09 Å². The summed E-state index contributed by atoms with van der Waals surface area (Å²) in [7, 11) is 0. The summed E-state index contributed by atoms with van der Waals surface area (Å²) in [5, 5.41) is 23.3. The molecule has 3 N–H and O–H groups in total. The molecular weight excluding hydrogens is 490 g/mol. The molecule has 11 heteroatoms. The Bertz CT molecular complexity index is 1320. The summed E-state index contributed by atoms with van der Waals surface area (Å²) in [5.74, 6) is 0.261. The second-order valence-electron chi connectivity index (χ2n) is 8.51. The monoisotopic (exact) mass is 523 g/mol. The van der Waals surface area contributed by atoms with E-state index in [0.717, 1.165) is 23.7 Å².